The minimum atomic E-state index is 0.706. The molecule has 1 aromatic carbocycles. The van der Waals surface area contributed by atoms with Crippen molar-refractivity contribution in [3.63, 3.8) is 0 Å². The highest BCUT2D eigenvalue weighted by Gasteiger charge is 2.08. The van der Waals surface area contributed by atoms with Crippen LogP contribution < -0.4 is 0 Å². The fourth-order valence-corrected chi connectivity index (χ4v) is 2.64. The van der Waals surface area contributed by atoms with Crippen molar-refractivity contribution in [1.29, 1.82) is 0 Å². The smallest absolute Gasteiger partial charge is 0.209 e. The van der Waals surface area contributed by atoms with Crippen LogP contribution in [-0.2, 0) is 12.8 Å². The van der Waals surface area contributed by atoms with Crippen LogP contribution in [0.15, 0.2) is 41.8 Å². The summed E-state index contributed by atoms with van der Waals surface area (Å²) in [7, 11) is 1.97. The summed E-state index contributed by atoms with van der Waals surface area (Å²) < 4.78 is 1.99. The van der Waals surface area contributed by atoms with Crippen molar-refractivity contribution < 1.29 is 0 Å². The number of aromatic amines is 1. The van der Waals surface area contributed by atoms with Crippen LogP contribution in [0.1, 0.15) is 5.82 Å². The van der Waals surface area contributed by atoms with Gasteiger partial charge in [0.1, 0.15) is 5.82 Å². The van der Waals surface area contributed by atoms with Gasteiger partial charge in [-0.25, -0.2) is 9.97 Å². The van der Waals surface area contributed by atoms with Crippen molar-refractivity contribution >= 4 is 23.4 Å². The average molecular weight is 306 g/mol. The maximum atomic E-state index is 5.87. The van der Waals surface area contributed by atoms with Crippen LogP contribution in [0.4, 0.5) is 0 Å². The summed E-state index contributed by atoms with van der Waals surface area (Å²) in [5.74, 6) is 2.47. The van der Waals surface area contributed by atoms with E-state index in [0.717, 1.165) is 23.0 Å². The quantitative estimate of drug-likeness (QED) is 0.752. The molecule has 1 N–H and O–H groups in total. The molecule has 0 fully saturated rings. The van der Waals surface area contributed by atoms with Gasteiger partial charge in [-0.3, -0.25) is 5.10 Å². The van der Waals surface area contributed by atoms with E-state index in [1.165, 1.54) is 0 Å². The lowest BCUT2D eigenvalue weighted by Crippen LogP contribution is -1.94. The molecule has 2 heterocycles. The number of benzene rings is 1. The predicted octanol–water partition coefficient (Wildman–Crippen LogP) is 3.15. The summed E-state index contributed by atoms with van der Waals surface area (Å²) in [5, 5.41) is 8.55. The van der Waals surface area contributed by atoms with E-state index >= 15 is 0 Å². The van der Waals surface area contributed by atoms with Crippen LogP contribution in [0.5, 0.6) is 0 Å². The molecule has 0 amide bonds. The average Bonchev–Trinajstić information content (AvgIpc) is 3.06. The first-order valence-electron chi connectivity index (χ1n) is 6.00. The van der Waals surface area contributed by atoms with Crippen LogP contribution in [0.3, 0.4) is 0 Å². The van der Waals surface area contributed by atoms with Gasteiger partial charge in [-0.05, 0) is 24.3 Å². The monoisotopic (exact) mass is 305 g/mol. The van der Waals surface area contributed by atoms with Crippen molar-refractivity contribution in [3.05, 3.63) is 47.5 Å². The van der Waals surface area contributed by atoms with Gasteiger partial charge in [0.15, 0.2) is 5.82 Å². The fourth-order valence-electron chi connectivity index (χ4n) is 1.71. The largest absolute Gasteiger partial charge is 0.337 e. The molecule has 0 unspecified atom stereocenters. The Morgan fingerprint density at radius 1 is 1.30 bits per heavy atom. The number of hydrogen-bond donors (Lipinski definition) is 1. The first-order valence-corrected chi connectivity index (χ1v) is 7.36. The zero-order valence-corrected chi connectivity index (χ0v) is 12.3. The molecule has 0 spiro atoms. The minimum Gasteiger partial charge on any atom is -0.337 e. The molecule has 2 aromatic heterocycles. The zero-order chi connectivity index (χ0) is 13.9. The van der Waals surface area contributed by atoms with Gasteiger partial charge in [0, 0.05) is 30.0 Å². The van der Waals surface area contributed by atoms with Crippen LogP contribution in [-0.4, -0.2) is 24.7 Å². The molecule has 0 saturated carbocycles. The Bertz CT molecular complexity index is 704. The van der Waals surface area contributed by atoms with Gasteiger partial charge >= 0.3 is 0 Å². The third kappa shape index (κ3) is 2.86. The lowest BCUT2D eigenvalue weighted by Gasteiger charge is -1.98. The standard InChI is InChI=1S/C13H12ClN5S/c1-19-7-6-15-11(19)8-20-13-16-12(17-18-13)9-2-4-10(14)5-3-9/h2-7H,8H2,1H3,(H,16,17,18). The number of nitrogens with zero attached hydrogens (tertiary/aromatic N) is 4. The molecule has 0 bridgehead atoms. The number of thioether (sulfide) groups is 1. The van der Waals surface area contributed by atoms with E-state index in [4.69, 9.17) is 11.6 Å². The summed E-state index contributed by atoms with van der Waals surface area (Å²) in [4.78, 5) is 8.72. The van der Waals surface area contributed by atoms with Gasteiger partial charge in [-0.2, -0.15) is 0 Å². The Morgan fingerprint density at radius 3 is 2.80 bits per heavy atom. The molecule has 0 aliphatic carbocycles. The highest BCUT2D eigenvalue weighted by Crippen LogP contribution is 2.22. The number of imidazole rings is 1. The second-order valence-corrected chi connectivity index (χ2v) is 5.60. The summed E-state index contributed by atoms with van der Waals surface area (Å²) in [6.45, 7) is 0. The van der Waals surface area contributed by atoms with E-state index in [9.17, 15) is 0 Å². The van der Waals surface area contributed by atoms with E-state index in [2.05, 4.69) is 20.2 Å². The number of aryl methyl sites for hydroxylation is 1. The normalized spacial score (nSPS) is 10.9. The first-order chi connectivity index (χ1) is 9.72. The molecule has 0 aliphatic heterocycles. The van der Waals surface area contributed by atoms with E-state index in [-0.39, 0.29) is 0 Å². The van der Waals surface area contributed by atoms with Crippen molar-refractivity contribution in [2.75, 3.05) is 0 Å². The summed E-state index contributed by atoms with van der Waals surface area (Å²) in [5.41, 5.74) is 0.964. The number of rotatable bonds is 4. The molecular weight excluding hydrogens is 294 g/mol. The van der Waals surface area contributed by atoms with Gasteiger partial charge in [0.05, 0.1) is 5.75 Å². The van der Waals surface area contributed by atoms with Crippen LogP contribution in [0.25, 0.3) is 11.4 Å². The van der Waals surface area contributed by atoms with E-state index < -0.39 is 0 Å². The number of aromatic nitrogens is 5. The van der Waals surface area contributed by atoms with Crippen LogP contribution in [0, 0.1) is 0 Å². The third-order valence-electron chi connectivity index (χ3n) is 2.83. The molecule has 3 aromatic rings. The van der Waals surface area contributed by atoms with E-state index in [1.54, 1.807) is 18.0 Å². The molecule has 0 aliphatic rings. The van der Waals surface area contributed by atoms with Crippen molar-refractivity contribution in [1.82, 2.24) is 24.7 Å². The topological polar surface area (TPSA) is 59.4 Å². The number of nitrogens with one attached hydrogen (secondary N) is 1. The van der Waals surface area contributed by atoms with E-state index in [0.29, 0.717) is 10.2 Å². The molecule has 3 rings (SSSR count). The highest BCUT2D eigenvalue weighted by molar-refractivity contribution is 7.98. The second-order valence-electron chi connectivity index (χ2n) is 4.22. The summed E-state index contributed by atoms with van der Waals surface area (Å²) >= 11 is 7.41. The maximum Gasteiger partial charge on any atom is 0.209 e. The first kappa shape index (κ1) is 13.2. The maximum absolute atomic E-state index is 5.87. The minimum absolute atomic E-state index is 0.706. The Kier molecular flexibility index (Phi) is 3.75. The second kappa shape index (κ2) is 5.68. The summed E-state index contributed by atoms with van der Waals surface area (Å²) in [6.07, 6.45) is 3.71. The number of hydrogen-bond acceptors (Lipinski definition) is 4. The number of H-pyrrole nitrogens is 1. The van der Waals surface area contributed by atoms with Crippen molar-refractivity contribution in [2.24, 2.45) is 7.05 Å². The van der Waals surface area contributed by atoms with Crippen molar-refractivity contribution in [2.45, 2.75) is 10.9 Å². The lowest BCUT2D eigenvalue weighted by atomic mass is 10.2. The molecule has 0 radical (unpaired) electrons. The molecule has 0 atom stereocenters. The van der Waals surface area contributed by atoms with Gasteiger partial charge in [-0.1, -0.05) is 23.4 Å². The molecule has 5 nitrogen and oxygen atoms in total. The third-order valence-corrected chi connectivity index (χ3v) is 3.93. The van der Waals surface area contributed by atoms with Gasteiger partial charge < -0.3 is 4.57 Å². The van der Waals surface area contributed by atoms with Gasteiger partial charge in [0.25, 0.3) is 0 Å². The Hall–Kier alpha value is -1.79. The Labute approximate surface area is 125 Å². The summed E-state index contributed by atoms with van der Waals surface area (Å²) in [6, 6.07) is 7.49. The number of halogens is 1. The van der Waals surface area contributed by atoms with E-state index in [1.807, 2.05) is 42.1 Å². The van der Waals surface area contributed by atoms with Gasteiger partial charge in [0.2, 0.25) is 5.16 Å². The molecule has 0 saturated heterocycles. The van der Waals surface area contributed by atoms with Crippen LogP contribution >= 0.6 is 23.4 Å². The zero-order valence-electron chi connectivity index (χ0n) is 10.7. The SMILES string of the molecule is Cn1ccnc1CSc1n[nH]c(-c2ccc(Cl)cc2)n1. The van der Waals surface area contributed by atoms with Gasteiger partial charge in [-0.15, -0.1) is 5.10 Å². The highest BCUT2D eigenvalue weighted by atomic mass is 35.5. The fraction of sp³-hybridized carbons (Fsp3) is 0.154. The Balaban J connectivity index is 1.71. The predicted molar refractivity (Wildman–Crippen MR) is 79.6 cm³/mol. The molecule has 7 heteroatoms. The molecule has 20 heavy (non-hydrogen) atoms. The Morgan fingerprint density at radius 2 is 2.10 bits per heavy atom. The lowest BCUT2D eigenvalue weighted by molar-refractivity contribution is 0.847. The molecule has 102 valence electrons. The van der Waals surface area contributed by atoms with Crippen LogP contribution in [0.2, 0.25) is 5.02 Å². The van der Waals surface area contributed by atoms with Crippen molar-refractivity contribution in [3.8, 4) is 11.4 Å². The molecular formula is C13H12ClN5S.